The van der Waals surface area contributed by atoms with E-state index in [1.165, 1.54) is 0 Å². The summed E-state index contributed by atoms with van der Waals surface area (Å²) >= 11 is 5.06. The van der Waals surface area contributed by atoms with Gasteiger partial charge in [-0.3, -0.25) is 10.2 Å². The summed E-state index contributed by atoms with van der Waals surface area (Å²) in [7, 11) is 0. The summed E-state index contributed by atoms with van der Waals surface area (Å²) in [5.74, 6) is -1.19. The molecule has 8 heteroatoms. The van der Waals surface area contributed by atoms with Gasteiger partial charge in [0, 0.05) is 5.69 Å². The number of benzene rings is 1. The van der Waals surface area contributed by atoms with Gasteiger partial charge in [-0.15, -0.1) is 0 Å². The summed E-state index contributed by atoms with van der Waals surface area (Å²) in [6.45, 7) is 4.46. The Morgan fingerprint density at radius 3 is 2.36 bits per heavy atom. The van der Waals surface area contributed by atoms with Crippen LogP contribution < -0.4 is 10.7 Å². The maximum atomic E-state index is 12.0. The number of carbonyl (C=O) groups excluding carboxylic acids is 1. The molecule has 1 amide bonds. The molecule has 0 aliphatic carbocycles. The van der Waals surface area contributed by atoms with Crippen molar-refractivity contribution in [3.8, 4) is 0 Å². The first-order valence-electron chi connectivity index (χ1n) is 6.52. The molecule has 0 atom stereocenters. The lowest BCUT2D eigenvalue weighted by atomic mass is 10.2. The van der Waals surface area contributed by atoms with Gasteiger partial charge in [0.1, 0.15) is 12.1 Å². The maximum Gasteiger partial charge on any atom is 0.429 e. The van der Waals surface area contributed by atoms with E-state index in [1.807, 2.05) is 18.2 Å². The Kier molecular flexibility index (Phi) is 6.11. The molecule has 22 heavy (non-hydrogen) atoms. The summed E-state index contributed by atoms with van der Waals surface area (Å²) in [4.78, 5) is 22.8. The summed E-state index contributed by atoms with van der Waals surface area (Å²) in [6.07, 6.45) is -0.827. The molecule has 120 valence electrons. The van der Waals surface area contributed by atoms with Gasteiger partial charge in [0.2, 0.25) is 0 Å². The minimum atomic E-state index is -1.19. The Balaban J connectivity index is 2.70. The van der Waals surface area contributed by atoms with Crippen LogP contribution in [0.2, 0.25) is 0 Å². The molecule has 1 aromatic carbocycles. The predicted octanol–water partition coefficient (Wildman–Crippen LogP) is 2.21. The summed E-state index contributed by atoms with van der Waals surface area (Å²) in [5, 5.41) is 12.6. The van der Waals surface area contributed by atoms with Gasteiger partial charge in [0.05, 0.1) is 0 Å². The van der Waals surface area contributed by atoms with Crippen LogP contribution >= 0.6 is 12.2 Å². The lowest BCUT2D eigenvalue weighted by Gasteiger charge is -2.27. The first kappa shape index (κ1) is 17.7. The Labute approximate surface area is 134 Å². The molecule has 0 aliphatic heterocycles. The quantitative estimate of drug-likeness (QED) is 0.580. The molecule has 0 aliphatic rings. The highest BCUT2D eigenvalue weighted by Gasteiger charge is 2.24. The number of amides is 1. The largest absolute Gasteiger partial charge is 0.480 e. The van der Waals surface area contributed by atoms with E-state index in [1.54, 1.807) is 32.9 Å². The van der Waals surface area contributed by atoms with Crippen LogP contribution in [0.1, 0.15) is 20.8 Å². The molecule has 0 unspecified atom stereocenters. The number of nitrogens with zero attached hydrogens (tertiary/aromatic N) is 1. The number of nitrogens with one attached hydrogen (secondary N) is 2. The molecule has 7 nitrogen and oxygen atoms in total. The van der Waals surface area contributed by atoms with Crippen LogP contribution in [0.5, 0.6) is 0 Å². The minimum Gasteiger partial charge on any atom is -0.480 e. The highest BCUT2D eigenvalue weighted by molar-refractivity contribution is 7.80. The van der Waals surface area contributed by atoms with Crippen molar-refractivity contribution in [2.24, 2.45) is 0 Å². The Morgan fingerprint density at radius 2 is 1.86 bits per heavy atom. The summed E-state index contributed by atoms with van der Waals surface area (Å²) in [6, 6.07) is 9.03. The van der Waals surface area contributed by atoms with Crippen molar-refractivity contribution in [1.29, 1.82) is 0 Å². The number of anilines is 1. The van der Waals surface area contributed by atoms with Crippen LogP contribution in [0, 0.1) is 0 Å². The number of thiocarbonyl (C=S) groups is 1. The zero-order valence-corrected chi connectivity index (χ0v) is 13.4. The van der Waals surface area contributed by atoms with Crippen LogP contribution in [0.25, 0.3) is 0 Å². The van der Waals surface area contributed by atoms with Crippen LogP contribution in [0.3, 0.4) is 0 Å². The Hall–Kier alpha value is -2.35. The number of para-hydroxylation sites is 1. The van der Waals surface area contributed by atoms with Gasteiger partial charge in [-0.25, -0.2) is 9.80 Å². The van der Waals surface area contributed by atoms with E-state index in [9.17, 15) is 9.59 Å². The third kappa shape index (κ3) is 6.89. The Bertz CT molecular complexity index is 543. The average Bonchev–Trinajstić information content (AvgIpc) is 2.36. The molecule has 0 heterocycles. The van der Waals surface area contributed by atoms with E-state index < -0.39 is 24.2 Å². The molecule has 1 rings (SSSR count). The van der Waals surface area contributed by atoms with E-state index in [0.29, 0.717) is 5.69 Å². The third-order valence-corrected chi connectivity index (χ3v) is 2.37. The van der Waals surface area contributed by atoms with Gasteiger partial charge < -0.3 is 15.2 Å². The highest BCUT2D eigenvalue weighted by Crippen LogP contribution is 2.09. The lowest BCUT2D eigenvalue weighted by molar-refractivity contribution is -0.138. The van der Waals surface area contributed by atoms with Crippen LogP contribution in [0.4, 0.5) is 10.5 Å². The normalized spacial score (nSPS) is 10.5. The average molecular weight is 325 g/mol. The first-order chi connectivity index (χ1) is 10.2. The van der Waals surface area contributed by atoms with Gasteiger partial charge in [0.25, 0.3) is 0 Å². The number of rotatable bonds is 3. The standard InChI is InChI=1S/C14H19N3O4S/c1-14(2,3)21-13(20)17(9-11(18)19)16-12(22)15-10-7-5-4-6-8-10/h4-8H,9H2,1-3H3,(H,18,19)(H2,15,16,22). The number of carboxylic acids is 1. The molecule has 0 spiro atoms. The number of hydrogen-bond acceptors (Lipinski definition) is 4. The minimum absolute atomic E-state index is 0.0818. The number of aliphatic carboxylic acids is 1. The molecule has 0 saturated carbocycles. The van der Waals surface area contributed by atoms with Crippen molar-refractivity contribution in [3.63, 3.8) is 0 Å². The van der Waals surface area contributed by atoms with Gasteiger partial charge in [0.15, 0.2) is 5.11 Å². The van der Waals surface area contributed by atoms with E-state index in [2.05, 4.69) is 10.7 Å². The number of hydrogen-bond donors (Lipinski definition) is 3. The van der Waals surface area contributed by atoms with Crippen molar-refractivity contribution < 1.29 is 19.4 Å². The van der Waals surface area contributed by atoms with E-state index in [4.69, 9.17) is 22.1 Å². The highest BCUT2D eigenvalue weighted by atomic mass is 32.1. The fraction of sp³-hybridized carbons (Fsp3) is 0.357. The summed E-state index contributed by atoms with van der Waals surface area (Å²) in [5.41, 5.74) is 2.48. The van der Waals surface area contributed by atoms with Crippen molar-refractivity contribution in [2.75, 3.05) is 11.9 Å². The molecular weight excluding hydrogens is 306 g/mol. The fourth-order valence-corrected chi connectivity index (χ4v) is 1.63. The van der Waals surface area contributed by atoms with Crippen LogP contribution in [-0.4, -0.2) is 39.4 Å². The van der Waals surface area contributed by atoms with Gasteiger partial charge >= 0.3 is 12.1 Å². The maximum absolute atomic E-state index is 12.0. The molecule has 3 N–H and O–H groups in total. The van der Waals surface area contributed by atoms with Crippen LogP contribution in [0.15, 0.2) is 30.3 Å². The smallest absolute Gasteiger partial charge is 0.429 e. The lowest BCUT2D eigenvalue weighted by Crippen LogP contribution is -2.51. The molecular formula is C14H19N3O4S. The number of carboxylic acid groups (broad SMARTS) is 1. The molecule has 0 aromatic heterocycles. The molecule has 0 saturated heterocycles. The van der Waals surface area contributed by atoms with Crippen LogP contribution in [-0.2, 0) is 9.53 Å². The zero-order valence-electron chi connectivity index (χ0n) is 12.6. The predicted molar refractivity (Wildman–Crippen MR) is 86.4 cm³/mol. The van der Waals surface area contributed by atoms with Gasteiger partial charge in [-0.2, -0.15) is 0 Å². The Morgan fingerprint density at radius 1 is 1.27 bits per heavy atom. The fourth-order valence-electron chi connectivity index (χ4n) is 1.41. The summed E-state index contributed by atoms with van der Waals surface area (Å²) < 4.78 is 5.13. The second-order valence-electron chi connectivity index (χ2n) is 5.39. The van der Waals surface area contributed by atoms with Crippen molar-refractivity contribution in [3.05, 3.63) is 30.3 Å². The van der Waals surface area contributed by atoms with Crippen molar-refractivity contribution >= 4 is 35.1 Å². The number of ether oxygens (including phenoxy) is 1. The number of hydrazine groups is 1. The van der Waals surface area contributed by atoms with E-state index in [-0.39, 0.29) is 5.11 Å². The third-order valence-electron chi connectivity index (χ3n) is 2.18. The molecule has 1 aromatic rings. The zero-order chi connectivity index (χ0) is 16.8. The monoisotopic (exact) mass is 325 g/mol. The van der Waals surface area contributed by atoms with E-state index >= 15 is 0 Å². The SMILES string of the molecule is CC(C)(C)OC(=O)N(CC(=O)O)NC(=S)Nc1ccccc1. The molecule has 0 bridgehead atoms. The number of carbonyl (C=O) groups is 2. The van der Waals surface area contributed by atoms with Gasteiger partial charge in [-0.1, -0.05) is 18.2 Å². The molecule has 0 radical (unpaired) electrons. The topological polar surface area (TPSA) is 90.9 Å². The first-order valence-corrected chi connectivity index (χ1v) is 6.93. The second-order valence-corrected chi connectivity index (χ2v) is 5.80. The van der Waals surface area contributed by atoms with Crippen molar-refractivity contribution in [1.82, 2.24) is 10.4 Å². The molecule has 0 fully saturated rings. The van der Waals surface area contributed by atoms with Crippen molar-refractivity contribution in [2.45, 2.75) is 26.4 Å². The van der Waals surface area contributed by atoms with Gasteiger partial charge in [-0.05, 0) is 45.1 Å². The van der Waals surface area contributed by atoms with E-state index in [0.717, 1.165) is 5.01 Å². The second kappa shape index (κ2) is 7.60.